The molecule has 0 heterocycles. The Labute approximate surface area is 162 Å². The Balaban J connectivity index is 2.04. The monoisotopic (exact) mass is 350 g/mol. The average Bonchev–Trinajstić information content (AvgIpc) is 2.90. The predicted octanol–water partition coefficient (Wildman–Crippen LogP) is 7.56. The second-order valence-electron chi connectivity index (χ2n) is 7.97. The van der Waals surface area contributed by atoms with Crippen LogP contribution in [0.3, 0.4) is 0 Å². The first-order valence-electron chi connectivity index (χ1n) is 9.61. The molecule has 0 amide bonds. The van der Waals surface area contributed by atoms with Crippen LogP contribution in [0.5, 0.6) is 0 Å². The summed E-state index contributed by atoms with van der Waals surface area (Å²) in [4.78, 5) is 0. The lowest BCUT2D eigenvalue weighted by Crippen LogP contribution is -2.14. The number of allylic oxidation sites excluding steroid dienone is 3. The number of rotatable bonds is 3. The van der Waals surface area contributed by atoms with Crippen molar-refractivity contribution in [3.05, 3.63) is 102 Å². The van der Waals surface area contributed by atoms with Gasteiger partial charge in [0.1, 0.15) is 0 Å². The predicted molar refractivity (Wildman–Crippen MR) is 118 cm³/mol. The van der Waals surface area contributed by atoms with Gasteiger partial charge in [-0.1, -0.05) is 98.8 Å². The highest BCUT2D eigenvalue weighted by Gasteiger charge is 2.36. The van der Waals surface area contributed by atoms with Gasteiger partial charge >= 0.3 is 0 Å². The number of aryl methyl sites for hydroxylation is 1. The molecule has 0 fully saturated rings. The van der Waals surface area contributed by atoms with Crippen molar-refractivity contribution in [2.45, 2.75) is 33.1 Å². The van der Waals surface area contributed by atoms with Gasteiger partial charge in [0.25, 0.3) is 0 Å². The van der Waals surface area contributed by atoms with Crippen LogP contribution in [0.25, 0.3) is 27.8 Å². The molecule has 0 aliphatic heterocycles. The van der Waals surface area contributed by atoms with E-state index in [2.05, 4.69) is 100 Å². The fourth-order valence-corrected chi connectivity index (χ4v) is 4.43. The molecule has 0 nitrogen and oxygen atoms in total. The minimum atomic E-state index is 0.0210. The lowest BCUT2D eigenvalue weighted by molar-refractivity contribution is 0.660. The van der Waals surface area contributed by atoms with Crippen molar-refractivity contribution in [1.82, 2.24) is 0 Å². The summed E-state index contributed by atoms with van der Waals surface area (Å²) in [5.41, 5.74) is 11.6. The third-order valence-corrected chi connectivity index (χ3v) is 5.79. The number of benzene rings is 3. The van der Waals surface area contributed by atoms with Gasteiger partial charge in [-0.25, -0.2) is 0 Å². The van der Waals surface area contributed by atoms with Crippen molar-refractivity contribution in [2.75, 3.05) is 0 Å². The van der Waals surface area contributed by atoms with E-state index < -0.39 is 0 Å². The fraction of sp³-hybridized carbons (Fsp3) is 0.185. The topological polar surface area (TPSA) is 0 Å². The Hall–Kier alpha value is -2.86. The molecule has 134 valence electrons. The maximum Gasteiger partial charge on any atom is 0.0159 e. The van der Waals surface area contributed by atoms with Gasteiger partial charge in [0.05, 0.1) is 0 Å². The van der Waals surface area contributed by atoms with Crippen LogP contribution in [0.2, 0.25) is 0 Å². The van der Waals surface area contributed by atoms with Gasteiger partial charge in [-0.05, 0) is 58.4 Å². The van der Waals surface area contributed by atoms with E-state index >= 15 is 0 Å². The molecule has 3 aromatic carbocycles. The van der Waals surface area contributed by atoms with Gasteiger partial charge in [-0.2, -0.15) is 0 Å². The summed E-state index contributed by atoms with van der Waals surface area (Å²) in [6.07, 6.45) is 4.15. The molecule has 0 bridgehead atoms. The standard InChI is InChI=1S/C27H26/c1-6-10-19(3)23-17-18(2)15-16-20(23)21-12-9-14-25-26(21)22-11-7-8-13-24(22)27(25,4)5/h6-17H,3H2,1-2,4-5H3/b10-6-. The summed E-state index contributed by atoms with van der Waals surface area (Å²) in [7, 11) is 0. The number of fused-ring (bicyclic) bond motifs is 3. The Morgan fingerprint density at radius 3 is 2.33 bits per heavy atom. The molecular weight excluding hydrogens is 324 g/mol. The molecule has 0 radical (unpaired) electrons. The molecule has 0 heteroatoms. The molecule has 1 aliphatic rings. The Morgan fingerprint density at radius 1 is 0.852 bits per heavy atom. The first-order valence-corrected chi connectivity index (χ1v) is 9.61. The van der Waals surface area contributed by atoms with Gasteiger partial charge in [-0.3, -0.25) is 0 Å². The summed E-state index contributed by atoms with van der Waals surface area (Å²) in [5.74, 6) is 0. The van der Waals surface area contributed by atoms with Crippen LogP contribution < -0.4 is 0 Å². The van der Waals surface area contributed by atoms with Gasteiger partial charge in [-0.15, -0.1) is 0 Å². The van der Waals surface area contributed by atoms with E-state index in [4.69, 9.17) is 0 Å². The van der Waals surface area contributed by atoms with E-state index in [1.165, 1.54) is 44.5 Å². The van der Waals surface area contributed by atoms with Crippen LogP contribution in [0, 0.1) is 6.92 Å². The van der Waals surface area contributed by atoms with Crippen molar-refractivity contribution in [1.29, 1.82) is 0 Å². The summed E-state index contributed by atoms with van der Waals surface area (Å²) in [5, 5.41) is 0. The molecule has 0 unspecified atom stereocenters. The van der Waals surface area contributed by atoms with Crippen LogP contribution >= 0.6 is 0 Å². The summed E-state index contributed by atoms with van der Waals surface area (Å²) in [6.45, 7) is 13.2. The quantitative estimate of drug-likeness (QED) is 0.428. The zero-order chi connectivity index (χ0) is 19.2. The van der Waals surface area contributed by atoms with Gasteiger partial charge in [0.2, 0.25) is 0 Å². The average molecular weight is 351 g/mol. The van der Waals surface area contributed by atoms with E-state index in [-0.39, 0.29) is 5.41 Å². The molecule has 4 rings (SSSR count). The summed E-state index contributed by atoms with van der Waals surface area (Å²) in [6, 6.07) is 22.3. The second kappa shape index (κ2) is 6.39. The minimum absolute atomic E-state index is 0.0210. The molecule has 1 aliphatic carbocycles. The zero-order valence-electron chi connectivity index (χ0n) is 16.6. The Bertz CT molecular complexity index is 1080. The smallest absolute Gasteiger partial charge is 0.0159 e. The minimum Gasteiger partial charge on any atom is -0.0911 e. The number of hydrogen-bond acceptors (Lipinski definition) is 0. The van der Waals surface area contributed by atoms with Gasteiger partial charge in [0, 0.05) is 5.41 Å². The molecule has 0 N–H and O–H groups in total. The molecule has 27 heavy (non-hydrogen) atoms. The van der Waals surface area contributed by atoms with Gasteiger partial charge < -0.3 is 0 Å². The van der Waals surface area contributed by atoms with E-state index in [0.29, 0.717) is 0 Å². The van der Waals surface area contributed by atoms with Crippen LogP contribution in [-0.2, 0) is 5.41 Å². The molecule has 3 aromatic rings. The van der Waals surface area contributed by atoms with Crippen LogP contribution in [0.1, 0.15) is 43.0 Å². The first kappa shape index (κ1) is 17.5. The second-order valence-corrected chi connectivity index (χ2v) is 7.97. The first-order chi connectivity index (χ1) is 12.9. The molecular formula is C27H26. The van der Waals surface area contributed by atoms with Crippen LogP contribution in [-0.4, -0.2) is 0 Å². The van der Waals surface area contributed by atoms with Crippen LogP contribution in [0.4, 0.5) is 0 Å². The number of hydrogen-bond donors (Lipinski definition) is 0. The zero-order valence-corrected chi connectivity index (χ0v) is 16.6. The molecule has 0 spiro atoms. The largest absolute Gasteiger partial charge is 0.0911 e. The lowest BCUT2D eigenvalue weighted by atomic mass is 9.81. The maximum absolute atomic E-state index is 4.32. The van der Waals surface area contributed by atoms with E-state index in [9.17, 15) is 0 Å². The molecule has 0 saturated carbocycles. The third-order valence-electron chi connectivity index (χ3n) is 5.79. The van der Waals surface area contributed by atoms with Crippen LogP contribution in [0.15, 0.2) is 79.4 Å². The Morgan fingerprint density at radius 2 is 1.56 bits per heavy atom. The highest BCUT2D eigenvalue weighted by atomic mass is 14.4. The van der Waals surface area contributed by atoms with Crippen molar-refractivity contribution in [3.8, 4) is 22.3 Å². The fourth-order valence-electron chi connectivity index (χ4n) is 4.43. The highest BCUT2D eigenvalue weighted by Crippen LogP contribution is 2.52. The van der Waals surface area contributed by atoms with Crippen molar-refractivity contribution in [3.63, 3.8) is 0 Å². The highest BCUT2D eigenvalue weighted by molar-refractivity contribution is 5.96. The SMILES string of the molecule is C=C(/C=C\C)c1cc(C)ccc1-c1cccc2c1-c1ccccc1C2(C)C. The summed E-state index contributed by atoms with van der Waals surface area (Å²) < 4.78 is 0. The van der Waals surface area contributed by atoms with Crippen molar-refractivity contribution >= 4 is 5.57 Å². The third kappa shape index (κ3) is 2.68. The van der Waals surface area contributed by atoms with Gasteiger partial charge in [0.15, 0.2) is 0 Å². The molecule has 0 saturated heterocycles. The van der Waals surface area contributed by atoms with E-state index in [0.717, 1.165) is 5.57 Å². The Kier molecular flexibility index (Phi) is 4.15. The normalized spacial score (nSPS) is 14.2. The summed E-state index contributed by atoms with van der Waals surface area (Å²) >= 11 is 0. The molecule has 0 aromatic heterocycles. The lowest BCUT2D eigenvalue weighted by Gasteiger charge is -2.22. The van der Waals surface area contributed by atoms with E-state index in [1.54, 1.807) is 0 Å². The van der Waals surface area contributed by atoms with Crippen molar-refractivity contribution in [2.24, 2.45) is 0 Å². The molecule has 0 atom stereocenters. The van der Waals surface area contributed by atoms with E-state index in [1.807, 2.05) is 6.92 Å². The maximum atomic E-state index is 4.32. The van der Waals surface area contributed by atoms with Crippen molar-refractivity contribution < 1.29 is 0 Å².